The highest BCUT2D eigenvalue weighted by Crippen LogP contribution is 2.27. The van der Waals surface area contributed by atoms with Crippen LogP contribution in [-0.2, 0) is 17.8 Å². The van der Waals surface area contributed by atoms with E-state index in [9.17, 15) is 5.11 Å². The Morgan fingerprint density at radius 2 is 1.77 bits per heavy atom. The van der Waals surface area contributed by atoms with Crippen LogP contribution in [0.2, 0.25) is 0 Å². The number of benzene rings is 1. The van der Waals surface area contributed by atoms with E-state index in [1.807, 2.05) is 0 Å². The van der Waals surface area contributed by atoms with Gasteiger partial charge >= 0.3 is 0 Å². The molecule has 4 rings (SSSR count). The summed E-state index contributed by atoms with van der Waals surface area (Å²) in [6, 6.07) is 10.3. The number of aliphatic hydroxyl groups is 1. The van der Waals surface area contributed by atoms with E-state index in [4.69, 9.17) is 4.74 Å². The van der Waals surface area contributed by atoms with E-state index in [0.717, 1.165) is 58.9 Å². The van der Waals surface area contributed by atoms with Gasteiger partial charge in [0, 0.05) is 51.4 Å². The number of hydrogen-bond acceptors (Lipinski definition) is 5. The van der Waals surface area contributed by atoms with Crippen LogP contribution in [0.4, 0.5) is 0 Å². The summed E-state index contributed by atoms with van der Waals surface area (Å²) in [5.74, 6) is 0. The molecule has 1 aliphatic carbocycles. The Morgan fingerprint density at radius 1 is 1.00 bits per heavy atom. The van der Waals surface area contributed by atoms with Crippen molar-refractivity contribution in [2.24, 2.45) is 0 Å². The second kappa shape index (κ2) is 8.81. The fraction of sp³-hybridized carbons (Fsp3) is 0.714. The minimum absolute atomic E-state index is 0.115. The predicted octanol–water partition coefficient (Wildman–Crippen LogP) is 1.60. The van der Waals surface area contributed by atoms with E-state index in [0.29, 0.717) is 12.1 Å². The molecule has 1 aromatic carbocycles. The SMILES string of the molecule is OC1CCN([C@H]2CCC[C@H]2NCc2ccc(CN3CCOCC3)cc2)C1. The van der Waals surface area contributed by atoms with Gasteiger partial charge in [0.2, 0.25) is 0 Å². The van der Waals surface area contributed by atoms with Gasteiger partial charge in [-0.15, -0.1) is 0 Å². The third-order valence-corrected chi connectivity index (χ3v) is 6.24. The molecular formula is C21H33N3O2. The number of β-amino-alcohol motifs (C(OH)–C–C–N with tert-alkyl or cyclic N) is 1. The van der Waals surface area contributed by atoms with Crippen LogP contribution in [0.25, 0.3) is 0 Å². The van der Waals surface area contributed by atoms with Gasteiger partial charge in [0.05, 0.1) is 19.3 Å². The molecule has 2 heterocycles. The highest BCUT2D eigenvalue weighted by molar-refractivity contribution is 5.22. The molecule has 0 bridgehead atoms. The summed E-state index contributed by atoms with van der Waals surface area (Å²) < 4.78 is 5.42. The van der Waals surface area contributed by atoms with E-state index in [-0.39, 0.29) is 6.10 Å². The molecule has 1 aromatic rings. The van der Waals surface area contributed by atoms with Gasteiger partial charge < -0.3 is 15.2 Å². The minimum atomic E-state index is -0.115. The zero-order chi connectivity index (χ0) is 17.8. The molecule has 0 amide bonds. The Morgan fingerprint density at radius 3 is 2.50 bits per heavy atom. The first-order chi connectivity index (χ1) is 12.8. The molecule has 26 heavy (non-hydrogen) atoms. The molecule has 0 radical (unpaired) electrons. The van der Waals surface area contributed by atoms with Crippen molar-refractivity contribution in [2.75, 3.05) is 39.4 Å². The van der Waals surface area contributed by atoms with Crippen LogP contribution >= 0.6 is 0 Å². The van der Waals surface area contributed by atoms with Crippen LogP contribution in [0.1, 0.15) is 36.8 Å². The van der Waals surface area contributed by atoms with Crippen molar-refractivity contribution in [2.45, 2.75) is 57.0 Å². The Kier molecular flexibility index (Phi) is 6.23. The molecule has 2 saturated heterocycles. The molecule has 0 spiro atoms. The van der Waals surface area contributed by atoms with Gasteiger partial charge in [-0.1, -0.05) is 30.7 Å². The molecular weight excluding hydrogens is 326 g/mol. The second-order valence-electron chi connectivity index (χ2n) is 8.13. The van der Waals surface area contributed by atoms with Crippen LogP contribution in [0.3, 0.4) is 0 Å². The lowest BCUT2D eigenvalue weighted by Gasteiger charge is -2.30. The van der Waals surface area contributed by atoms with Crippen molar-refractivity contribution in [3.63, 3.8) is 0 Å². The van der Waals surface area contributed by atoms with Crippen LogP contribution in [0, 0.1) is 0 Å². The summed E-state index contributed by atoms with van der Waals surface area (Å²) in [5, 5.41) is 13.6. The number of nitrogens with one attached hydrogen (secondary N) is 1. The summed E-state index contributed by atoms with van der Waals surface area (Å²) in [6.45, 7) is 7.68. The lowest BCUT2D eigenvalue weighted by atomic mass is 10.1. The van der Waals surface area contributed by atoms with E-state index in [1.54, 1.807) is 0 Å². The van der Waals surface area contributed by atoms with Gasteiger partial charge in [0.25, 0.3) is 0 Å². The second-order valence-corrected chi connectivity index (χ2v) is 8.13. The van der Waals surface area contributed by atoms with E-state index >= 15 is 0 Å². The molecule has 5 nitrogen and oxygen atoms in total. The third kappa shape index (κ3) is 4.65. The van der Waals surface area contributed by atoms with Crippen LogP contribution < -0.4 is 5.32 Å². The summed E-state index contributed by atoms with van der Waals surface area (Å²) in [6.07, 6.45) is 4.64. The third-order valence-electron chi connectivity index (χ3n) is 6.24. The summed E-state index contributed by atoms with van der Waals surface area (Å²) in [4.78, 5) is 4.96. The normalized spacial score (nSPS) is 30.9. The number of likely N-dealkylation sites (tertiary alicyclic amines) is 1. The molecule has 3 fully saturated rings. The van der Waals surface area contributed by atoms with Crippen molar-refractivity contribution in [3.8, 4) is 0 Å². The number of aliphatic hydroxyl groups excluding tert-OH is 1. The Bertz CT molecular complexity index is 559. The number of ether oxygens (including phenoxy) is 1. The van der Waals surface area contributed by atoms with Crippen molar-refractivity contribution >= 4 is 0 Å². The molecule has 1 saturated carbocycles. The highest BCUT2D eigenvalue weighted by atomic mass is 16.5. The fourth-order valence-corrected chi connectivity index (χ4v) is 4.71. The summed E-state index contributed by atoms with van der Waals surface area (Å²) >= 11 is 0. The molecule has 2 aliphatic heterocycles. The van der Waals surface area contributed by atoms with Crippen molar-refractivity contribution in [3.05, 3.63) is 35.4 Å². The van der Waals surface area contributed by atoms with Gasteiger partial charge in [-0.3, -0.25) is 9.80 Å². The maximum atomic E-state index is 9.83. The van der Waals surface area contributed by atoms with E-state index in [1.165, 1.54) is 30.4 Å². The monoisotopic (exact) mass is 359 g/mol. The smallest absolute Gasteiger partial charge is 0.0679 e. The van der Waals surface area contributed by atoms with Gasteiger partial charge in [-0.2, -0.15) is 0 Å². The minimum Gasteiger partial charge on any atom is -0.392 e. The zero-order valence-corrected chi connectivity index (χ0v) is 15.8. The van der Waals surface area contributed by atoms with Gasteiger partial charge in [0.1, 0.15) is 0 Å². The van der Waals surface area contributed by atoms with Gasteiger partial charge in [-0.25, -0.2) is 0 Å². The number of nitrogens with zero attached hydrogens (tertiary/aromatic N) is 2. The molecule has 0 aromatic heterocycles. The predicted molar refractivity (Wildman–Crippen MR) is 103 cm³/mol. The van der Waals surface area contributed by atoms with Crippen molar-refractivity contribution < 1.29 is 9.84 Å². The summed E-state index contributed by atoms with van der Waals surface area (Å²) in [5.41, 5.74) is 2.75. The molecule has 144 valence electrons. The Hall–Kier alpha value is -0.980. The lowest BCUT2D eigenvalue weighted by Crippen LogP contribution is -2.46. The van der Waals surface area contributed by atoms with Gasteiger partial charge in [0.15, 0.2) is 0 Å². The molecule has 1 unspecified atom stereocenters. The Labute approximate surface area is 157 Å². The first kappa shape index (κ1) is 18.4. The molecule has 3 atom stereocenters. The van der Waals surface area contributed by atoms with Crippen molar-refractivity contribution in [1.82, 2.24) is 15.1 Å². The number of rotatable bonds is 6. The topological polar surface area (TPSA) is 48.0 Å². The standard InChI is InChI=1S/C21H33N3O2/c25-19-8-9-24(16-19)21-3-1-2-20(21)22-14-17-4-6-18(7-5-17)15-23-10-12-26-13-11-23/h4-7,19-22,25H,1-3,8-16H2/t19?,20-,21+/m1/s1. The summed E-state index contributed by atoms with van der Waals surface area (Å²) in [7, 11) is 0. The highest BCUT2D eigenvalue weighted by Gasteiger charge is 2.35. The number of hydrogen-bond donors (Lipinski definition) is 2. The first-order valence-corrected chi connectivity index (χ1v) is 10.3. The Balaban J connectivity index is 1.26. The quantitative estimate of drug-likeness (QED) is 0.808. The molecule has 3 aliphatic rings. The largest absolute Gasteiger partial charge is 0.392 e. The van der Waals surface area contributed by atoms with E-state index < -0.39 is 0 Å². The van der Waals surface area contributed by atoms with E-state index in [2.05, 4.69) is 39.4 Å². The van der Waals surface area contributed by atoms with Crippen LogP contribution in [0.15, 0.2) is 24.3 Å². The lowest BCUT2D eigenvalue weighted by molar-refractivity contribution is 0.0342. The molecule has 5 heteroatoms. The van der Waals surface area contributed by atoms with Crippen molar-refractivity contribution in [1.29, 1.82) is 0 Å². The van der Waals surface area contributed by atoms with Gasteiger partial charge in [-0.05, 0) is 30.4 Å². The maximum Gasteiger partial charge on any atom is 0.0679 e. The van der Waals surface area contributed by atoms with Crippen LogP contribution in [0.5, 0.6) is 0 Å². The van der Waals surface area contributed by atoms with Crippen LogP contribution in [-0.4, -0.2) is 72.5 Å². The average Bonchev–Trinajstić information content (AvgIpc) is 3.30. The first-order valence-electron chi connectivity index (χ1n) is 10.3. The zero-order valence-electron chi connectivity index (χ0n) is 15.8. The average molecular weight is 360 g/mol. The maximum absolute atomic E-state index is 9.83. The fourth-order valence-electron chi connectivity index (χ4n) is 4.71. The molecule has 2 N–H and O–H groups in total. The number of morpholine rings is 1.